The molecule has 1 heteroatoms. The SMILES string of the molecule is CCCCCCCC1(C#N)CCC2CC(C3CCC(CCC)CC3)CCC2C1. The Labute approximate surface area is 176 Å². The summed E-state index contributed by atoms with van der Waals surface area (Å²) < 4.78 is 0. The molecule has 0 bridgehead atoms. The lowest BCUT2D eigenvalue weighted by Gasteiger charge is -2.47. The Bertz CT molecular complexity index is 483. The third-order valence-electron chi connectivity index (χ3n) is 9.08. The Hall–Kier alpha value is -0.510. The second kappa shape index (κ2) is 11.0. The average molecular weight is 386 g/mol. The summed E-state index contributed by atoms with van der Waals surface area (Å²) in [5.74, 6) is 4.92. The van der Waals surface area contributed by atoms with Crippen LogP contribution in [0.1, 0.15) is 129 Å². The smallest absolute Gasteiger partial charge is 0.0689 e. The summed E-state index contributed by atoms with van der Waals surface area (Å²) in [6, 6.07) is 2.83. The minimum atomic E-state index is 0.0401. The Morgan fingerprint density at radius 3 is 2.14 bits per heavy atom. The molecule has 0 aliphatic heterocycles. The molecular formula is C27H47N. The molecule has 3 rings (SSSR count). The van der Waals surface area contributed by atoms with E-state index in [9.17, 15) is 5.26 Å². The van der Waals surface area contributed by atoms with E-state index in [0.717, 1.165) is 29.6 Å². The second-order valence-corrected chi connectivity index (χ2v) is 11.0. The van der Waals surface area contributed by atoms with Gasteiger partial charge in [-0.2, -0.15) is 5.26 Å². The molecule has 0 radical (unpaired) electrons. The molecule has 0 N–H and O–H groups in total. The zero-order valence-corrected chi connectivity index (χ0v) is 19.1. The lowest BCUT2D eigenvalue weighted by atomic mass is 9.57. The van der Waals surface area contributed by atoms with Crippen LogP contribution in [0.4, 0.5) is 0 Å². The van der Waals surface area contributed by atoms with Gasteiger partial charge in [-0.05, 0) is 87.4 Å². The lowest BCUT2D eigenvalue weighted by Crippen LogP contribution is -2.38. The standard InChI is InChI=1S/C27H47N/c1-3-5-6-7-8-17-27(21-28)18-16-25-19-24(14-15-26(25)20-27)23-12-10-22(9-4-2)11-13-23/h22-26H,3-20H2,1-2H3. The maximum Gasteiger partial charge on any atom is 0.0689 e. The van der Waals surface area contributed by atoms with Gasteiger partial charge in [0.25, 0.3) is 0 Å². The number of fused-ring (bicyclic) bond motifs is 1. The Kier molecular flexibility index (Phi) is 8.74. The zero-order valence-electron chi connectivity index (χ0n) is 19.1. The minimum absolute atomic E-state index is 0.0401. The van der Waals surface area contributed by atoms with Crippen LogP contribution in [-0.2, 0) is 0 Å². The lowest BCUT2D eigenvalue weighted by molar-refractivity contribution is 0.0378. The number of nitriles is 1. The van der Waals surface area contributed by atoms with Crippen LogP contribution in [-0.4, -0.2) is 0 Å². The van der Waals surface area contributed by atoms with Crippen LogP contribution in [0.25, 0.3) is 0 Å². The molecule has 0 amide bonds. The molecule has 4 atom stereocenters. The fourth-order valence-electron chi connectivity index (χ4n) is 7.29. The van der Waals surface area contributed by atoms with E-state index in [1.165, 1.54) is 116 Å². The van der Waals surface area contributed by atoms with Crippen molar-refractivity contribution in [2.24, 2.45) is 35.0 Å². The summed E-state index contributed by atoms with van der Waals surface area (Å²) in [5, 5.41) is 10.0. The molecule has 28 heavy (non-hydrogen) atoms. The van der Waals surface area contributed by atoms with Crippen molar-refractivity contribution >= 4 is 0 Å². The maximum absolute atomic E-state index is 10.0. The van der Waals surface area contributed by atoms with E-state index in [1.54, 1.807) is 0 Å². The van der Waals surface area contributed by atoms with Crippen molar-refractivity contribution in [1.82, 2.24) is 0 Å². The van der Waals surface area contributed by atoms with Crippen molar-refractivity contribution in [1.29, 1.82) is 5.26 Å². The van der Waals surface area contributed by atoms with Crippen LogP contribution in [0.15, 0.2) is 0 Å². The van der Waals surface area contributed by atoms with E-state index in [2.05, 4.69) is 19.9 Å². The van der Waals surface area contributed by atoms with Crippen molar-refractivity contribution in [2.75, 3.05) is 0 Å². The maximum atomic E-state index is 10.0. The van der Waals surface area contributed by atoms with E-state index in [0.29, 0.717) is 0 Å². The van der Waals surface area contributed by atoms with Crippen molar-refractivity contribution < 1.29 is 0 Å². The van der Waals surface area contributed by atoms with Gasteiger partial charge >= 0.3 is 0 Å². The van der Waals surface area contributed by atoms with Crippen molar-refractivity contribution in [3.63, 3.8) is 0 Å². The summed E-state index contributed by atoms with van der Waals surface area (Å²) in [5.41, 5.74) is 0.0401. The topological polar surface area (TPSA) is 23.8 Å². The highest BCUT2D eigenvalue weighted by Gasteiger charge is 2.44. The van der Waals surface area contributed by atoms with Crippen LogP contribution in [0.5, 0.6) is 0 Å². The summed E-state index contributed by atoms with van der Waals surface area (Å²) in [4.78, 5) is 0. The molecule has 160 valence electrons. The number of unbranched alkanes of at least 4 members (excludes halogenated alkanes) is 4. The van der Waals surface area contributed by atoms with Crippen molar-refractivity contribution in [2.45, 2.75) is 129 Å². The van der Waals surface area contributed by atoms with Crippen LogP contribution in [0, 0.1) is 46.3 Å². The largest absolute Gasteiger partial charge is 0.198 e. The molecule has 0 saturated heterocycles. The quantitative estimate of drug-likeness (QED) is 0.364. The molecule has 4 unspecified atom stereocenters. The van der Waals surface area contributed by atoms with Gasteiger partial charge in [0.1, 0.15) is 0 Å². The van der Waals surface area contributed by atoms with E-state index in [-0.39, 0.29) is 5.41 Å². The van der Waals surface area contributed by atoms with E-state index in [4.69, 9.17) is 0 Å². The van der Waals surface area contributed by atoms with Crippen LogP contribution in [0.3, 0.4) is 0 Å². The number of hydrogen-bond donors (Lipinski definition) is 0. The molecular weight excluding hydrogens is 338 g/mol. The number of rotatable bonds is 9. The van der Waals surface area contributed by atoms with Gasteiger partial charge in [0.2, 0.25) is 0 Å². The highest BCUT2D eigenvalue weighted by atomic mass is 14.5. The second-order valence-electron chi connectivity index (χ2n) is 11.0. The predicted octanol–water partition coefficient (Wildman–Crippen LogP) is 8.68. The van der Waals surface area contributed by atoms with Gasteiger partial charge in [-0.1, -0.05) is 71.6 Å². The van der Waals surface area contributed by atoms with Crippen LogP contribution < -0.4 is 0 Å². The van der Waals surface area contributed by atoms with E-state index >= 15 is 0 Å². The Balaban J connectivity index is 1.44. The van der Waals surface area contributed by atoms with Gasteiger partial charge in [-0.25, -0.2) is 0 Å². The summed E-state index contributed by atoms with van der Waals surface area (Å²) in [6.45, 7) is 4.63. The van der Waals surface area contributed by atoms with Gasteiger partial charge in [0.15, 0.2) is 0 Å². The third kappa shape index (κ3) is 5.77. The van der Waals surface area contributed by atoms with E-state index < -0.39 is 0 Å². The molecule has 0 aromatic carbocycles. The fourth-order valence-corrected chi connectivity index (χ4v) is 7.29. The van der Waals surface area contributed by atoms with E-state index in [1.807, 2.05) is 0 Å². The van der Waals surface area contributed by atoms with Gasteiger partial charge < -0.3 is 0 Å². The molecule has 3 aliphatic carbocycles. The van der Waals surface area contributed by atoms with Gasteiger partial charge in [0, 0.05) is 0 Å². The number of hydrogen-bond acceptors (Lipinski definition) is 1. The first-order chi connectivity index (χ1) is 13.7. The molecule has 3 saturated carbocycles. The molecule has 3 aliphatic rings. The van der Waals surface area contributed by atoms with Gasteiger partial charge in [0.05, 0.1) is 11.5 Å². The highest BCUT2D eigenvalue weighted by molar-refractivity contribution is 5.04. The molecule has 0 aromatic heterocycles. The van der Waals surface area contributed by atoms with Crippen LogP contribution in [0.2, 0.25) is 0 Å². The normalized spacial score (nSPS) is 38.5. The van der Waals surface area contributed by atoms with Gasteiger partial charge in [-0.15, -0.1) is 0 Å². The molecule has 0 heterocycles. The fraction of sp³-hybridized carbons (Fsp3) is 0.963. The highest BCUT2D eigenvalue weighted by Crippen LogP contribution is 2.53. The summed E-state index contributed by atoms with van der Waals surface area (Å²) >= 11 is 0. The summed E-state index contributed by atoms with van der Waals surface area (Å²) in [7, 11) is 0. The Morgan fingerprint density at radius 1 is 0.750 bits per heavy atom. The monoisotopic (exact) mass is 385 g/mol. The molecule has 0 aromatic rings. The van der Waals surface area contributed by atoms with Crippen LogP contribution >= 0.6 is 0 Å². The number of nitrogens with zero attached hydrogens (tertiary/aromatic N) is 1. The minimum Gasteiger partial charge on any atom is -0.198 e. The van der Waals surface area contributed by atoms with Crippen molar-refractivity contribution in [3.05, 3.63) is 0 Å². The van der Waals surface area contributed by atoms with Crippen molar-refractivity contribution in [3.8, 4) is 6.07 Å². The molecule has 0 spiro atoms. The zero-order chi connectivity index (χ0) is 19.8. The Morgan fingerprint density at radius 2 is 1.43 bits per heavy atom. The first kappa shape index (κ1) is 22.2. The third-order valence-corrected chi connectivity index (χ3v) is 9.08. The first-order valence-electron chi connectivity index (χ1n) is 13.1. The summed E-state index contributed by atoms with van der Waals surface area (Å²) in [6.07, 6.45) is 25.0. The predicted molar refractivity (Wildman–Crippen MR) is 120 cm³/mol. The van der Waals surface area contributed by atoms with Gasteiger partial charge in [-0.3, -0.25) is 0 Å². The molecule has 3 fully saturated rings. The average Bonchev–Trinajstić information content (AvgIpc) is 2.74. The first-order valence-corrected chi connectivity index (χ1v) is 13.1. The molecule has 1 nitrogen and oxygen atoms in total.